The highest BCUT2D eigenvalue weighted by molar-refractivity contribution is 5.69. The van der Waals surface area contributed by atoms with Crippen molar-refractivity contribution in [2.75, 3.05) is 13.2 Å². The number of carbonyl (C=O) groups excluding carboxylic acids is 1. The highest BCUT2D eigenvalue weighted by Gasteiger charge is 2.09. The first-order valence-electron chi connectivity index (χ1n) is 9.44. The third-order valence-corrected chi connectivity index (χ3v) is 4.04. The van der Waals surface area contributed by atoms with Crippen LogP contribution in [0.4, 0.5) is 0 Å². The molecule has 0 unspecified atom stereocenters. The van der Waals surface area contributed by atoms with Gasteiger partial charge in [0.1, 0.15) is 24.2 Å². The van der Waals surface area contributed by atoms with E-state index < -0.39 is 0 Å². The first-order chi connectivity index (χ1) is 13.2. The van der Waals surface area contributed by atoms with E-state index >= 15 is 0 Å². The normalized spacial score (nSPS) is 10.6. The van der Waals surface area contributed by atoms with Gasteiger partial charge in [0.25, 0.3) is 0 Å². The van der Waals surface area contributed by atoms with Gasteiger partial charge in [0.15, 0.2) is 5.82 Å². The van der Waals surface area contributed by atoms with E-state index in [4.69, 9.17) is 9.47 Å². The predicted molar refractivity (Wildman–Crippen MR) is 101 cm³/mol. The minimum Gasteiger partial charge on any atom is -0.507 e. The number of unbranched alkanes of at least 4 members (excludes halogenated alkanes) is 5. The van der Waals surface area contributed by atoms with Gasteiger partial charge in [-0.3, -0.25) is 4.79 Å². The van der Waals surface area contributed by atoms with Crippen molar-refractivity contribution < 1.29 is 19.4 Å². The van der Waals surface area contributed by atoms with Crippen molar-refractivity contribution in [2.24, 2.45) is 0 Å². The van der Waals surface area contributed by atoms with Gasteiger partial charge in [-0.05, 0) is 18.6 Å². The average molecular weight is 373 g/mol. The SMILES string of the molecule is CCCCCCCCOC(=O)CCOc1ccc(-c2ncncn2)c(O)c1. The quantitative estimate of drug-likeness (QED) is 0.445. The maximum Gasteiger partial charge on any atom is 0.309 e. The Hall–Kier alpha value is -2.70. The summed E-state index contributed by atoms with van der Waals surface area (Å²) in [5.74, 6) is 0.584. The molecular weight excluding hydrogens is 346 g/mol. The van der Waals surface area contributed by atoms with Gasteiger partial charge in [0, 0.05) is 6.07 Å². The number of aromatic nitrogens is 3. The van der Waals surface area contributed by atoms with E-state index in [1.807, 2.05) is 0 Å². The van der Waals surface area contributed by atoms with Crippen LogP contribution in [0.15, 0.2) is 30.9 Å². The van der Waals surface area contributed by atoms with Crippen LogP contribution in [0, 0.1) is 0 Å². The lowest BCUT2D eigenvalue weighted by atomic mass is 10.1. The van der Waals surface area contributed by atoms with Gasteiger partial charge in [-0.2, -0.15) is 0 Å². The average Bonchev–Trinajstić information content (AvgIpc) is 2.68. The topological polar surface area (TPSA) is 94.4 Å². The summed E-state index contributed by atoms with van der Waals surface area (Å²) in [6.45, 7) is 2.85. The molecule has 0 spiro atoms. The fourth-order valence-electron chi connectivity index (χ4n) is 2.56. The maximum absolute atomic E-state index is 11.7. The van der Waals surface area contributed by atoms with Crippen molar-refractivity contribution in [3.8, 4) is 22.9 Å². The van der Waals surface area contributed by atoms with Crippen LogP contribution in [0.25, 0.3) is 11.4 Å². The van der Waals surface area contributed by atoms with E-state index in [0.29, 0.717) is 23.7 Å². The van der Waals surface area contributed by atoms with Gasteiger partial charge >= 0.3 is 5.97 Å². The maximum atomic E-state index is 11.7. The molecule has 2 aromatic rings. The molecule has 1 heterocycles. The minimum absolute atomic E-state index is 0.00403. The molecule has 7 nitrogen and oxygen atoms in total. The molecule has 0 amide bonds. The fraction of sp³-hybridized carbons (Fsp3) is 0.500. The van der Waals surface area contributed by atoms with Crippen molar-refractivity contribution in [3.63, 3.8) is 0 Å². The Labute approximate surface area is 159 Å². The largest absolute Gasteiger partial charge is 0.507 e. The van der Waals surface area contributed by atoms with Crippen molar-refractivity contribution in [2.45, 2.75) is 51.9 Å². The number of rotatable bonds is 12. The fourth-order valence-corrected chi connectivity index (χ4v) is 2.56. The number of nitrogens with zero attached hydrogens (tertiary/aromatic N) is 3. The summed E-state index contributed by atoms with van der Waals surface area (Å²) in [6, 6.07) is 4.83. The number of hydrogen-bond acceptors (Lipinski definition) is 7. The second-order valence-electron chi connectivity index (χ2n) is 6.23. The molecule has 0 atom stereocenters. The van der Waals surface area contributed by atoms with Gasteiger partial charge in [-0.1, -0.05) is 39.0 Å². The Kier molecular flexibility index (Phi) is 9.03. The second kappa shape index (κ2) is 11.8. The zero-order chi connectivity index (χ0) is 19.3. The molecule has 1 aromatic carbocycles. The molecule has 0 saturated carbocycles. The predicted octanol–water partition coefficient (Wildman–Crippen LogP) is 3.92. The molecule has 146 valence electrons. The number of ether oxygens (including phenoxy) is 2. The lowest BCUT2D eigenvalue weighted by Gasteiger charge is -2.09. The summed E-state index contributed by atoms with van der Waals surface area (Å²) in [4.78, 5) is 23.4. The summed E-state index contributed by atoms with van der Waals surface area (Å²) in [7, 11) is 0. The Morgan fingerprint density at radius 1 is 1.04 bits per heavy atom. The molecule has 0 aliphatic carbocycles. The first-order valence-corrected chi connectivity index (χ1v) is 9.44. The molecular formula is C20H27N3O4. The number of hydrogen-bond donors (Lipinski definition) is 1. The Balaban J connectivity index is 1.65. The van der Waals surface area contributed by atoms with Gasteiger partial charge in [0.2, 0.25) is 0 Å². The zero-order valence-corrected chi connectivity index (χ0v) is 15.8. The number of esters is 1. The highest BCUT2D eigenvalue weighted by Crippen LogP contribution is 2.29. The third-order valence-electron chi connectivity index (χ3n) is 4.04. The van der Waals surface area contributed by atoms with Crippen LogP contribution in [-0.2, 0) is 9.53 Å². The smallest absolute Gasteiger partial charge is 0.309 e. The van der Waals surface area contributed by atoms with Crippen LogP contribution >= 0.6 is 0 Å². The van der Waals surface area contributed by atoms with E-state index in [2.05, 4.69) is 21.9 Å². The molecule has 0 saturated heterocycles. The van der Waals surface area contributed by atoms with Gasteiger partial charge < -0.3 is 14.6 Å². The summed E-state index contributed by atoms with van der Waals surface area (Å²) in [5.41, 5.74) is 0.489. The Morgan fingerprint density at radius 3 is 2.52 bits per heavy atom. The number of carbonyl (C=O) groups is 1. The minimum atomic E-state index is -0.269. The number of benzene rings is 1. The standard InChI is InChI=1S/C20H27N3O4/c1-2-3-4-5-6-7-11-27-19(25)10-12-26-16-8-9-17(18(24)13-16)20-22-14-21-15-23-20/h8-9,13-15,24H,2-7,10-12H2,1H3. The highest BCUT2D eigenvalue weighted by atomic mass is 16.5. The van der Waals surface area contributed by atoms with E-state index in [0.717, 1.165) is 12.8 Å². The van der Waals surface area contributed by atoms with Gasteiger partial charge in [0.05, 0.1) is 25.2 Å². The summed E-state index contributed by atoms with van der Waals surface area (Å²) in [6.07, 6.45) is 9.84. The summed E-state index contributed by atoms with van der Waals surface area (Å²) >= 11 is 0. The number of phenolic OH excluding ortho intramolecular Hbond substituents is 1. The molecule has 7 heteroatoms. The van der Waals surface area contributed by atoms with Crippen molar-refractivity contribution in [1.82, 2.24) is 15.0 Å². The second-order valence-corrected chi connectivity index (χ2v) is 6.23. The van der Waals surface area contributed by atoms with Crippen LogP contribution in [-0.4, -0.2) is 39.2 Å². The molecule has 1 N–H and O–H groups in total. The van der Waals surface area contributed by atoms with E-state index in [-0.39, 0.29) is 24.7 Å². The number of phenols is 1. The molecule has 0 radical (unpaired) electrons. The molecule has 2 rings (SSSR count). The Bertz CT molecular complexity index is 695. The molecule has 0 fully saturated rings. The molecule has 0 aliphatic rings. The van der Waals surface area contributed by atoms with E-state index in [1.54, 1.807) is 12.1 Å². The Morgan fingerprint density at radius 2 is 1.78 bits per heavy atom. The van der Waals surface area contributed by atoms with Crippen LogP contribution in [0.1, 0.15) is 51.9 Å². The molecule has 27 heavy (non-hydrogen) atoms. The van der Waals surface area contributed by atoms with E-state index in [9.17, 15) is 9.90 Å². The van der Waals surface area contributed by atoms with Crippen LogP contribution in [0.3, 0.4) is 0 Å². The zero-order valence-electron chi connectivity index (χ0n) is 15.8. The van der Waals surface area contributed by atoms with Crippen molar-refractivity contribution in [1.29, 1.82) is 0 Å². The monoisotopic (exact) mass is 373 g/mol. The summed E-state index contributed by atoms with van der Waals surface area (Å²) in [5, 5.41) is 10.1. The van der Waals surface area contributed by atoms with Crippen molar-refractivity contribution >= 4 is 5.97 Å². The molecule has 1 aromatic heterocycles. The van der Waals surface area contributed by atoms with Crippen molar-refractivity contribution in [3.05, 3.63) is 30.9 Å². The number of aromatic hydroxyl groups is 1. The van der Waals surface area contributed by atoms with Gasteiger partial charge in [-0.25, -0.2) is 15.0 Å². The van der Waals surface area contributed by atoms with Crippen LogP contribution in [0.5, 0.6) is 11.5 Å². The lowest BCUT2D eigenvalue weighted by Crippen LogP contribution is -2.10. The van der Waals surface area contributed by atoms with Crippen LogP contribution < -0.4 is 4.74 Å². The van der Waals surface area contributed by atoms with Crippen LogP contribution in [0.2, 0.25) is 0 Å². The molecule has 0 aliphatic heterocycles. The summed E-state index contributed by atoms with van der Waals surface area (Å²) < 4.78 is 10.7. The van der Waals surface area contributed by atoms with Gasteiger partial charge in [-0.15, -0.1) is 0 Å². The lowest BCUT2D eigenvalue weighted by molar-refractivity contribution is -0.144. The van der Waals surface area contributed by atoms with E-state index in [1.165, 1.54) is 44.4 Å². The first kappa shape index (κ1) is 20.6. The molecule has 0 bridgehead atoms. The third kappa shape index (κ3) is 7.60.